The van der Waals surface area contributed by atoms with Gasteiger partial charge in [-0.25, -0.2) is 0 Å². The van der Waals surface area contributed by atoms with Crippen molar-refractivity contribution >= 4 is 46.0 Å². The summed E-state index contributed by atoms with van der Waals surface area (Å²) in [5.74, 6) is 0.138. The van der Waals surface area contributed by atoms with Gasteiger partial charge in [0.15, 0.2) is 0 Å². The molecule has 22 heavy (non-hydrogen) atoms. The van der Waals surface area contributed by atoms with Crippen molar-refractivity contribution in [3.63, 3.8) is 0 Å². The first-order chi connectivity index (χ1) is 10.8. The molecular formula is C16H13ClN4S. The van der Waals surface area contributed by atoms with Gasteiger partial charge in [0.25, 0.3) is 0 Å². The molecule has 0 aliphatic heterocycles. The summed E-state index contributed by atoms with van der Waals surface area (Å²) in [7, 11) is 0. The van der Waals surface area contributed by atoms with E-state index in [1.807, 2.05) is 30.5 Å². The number of hydrogen-bond donors (Lipinski definition) is 2. The molecule has 1 aromatic heterocycles. The smallest absolute Gasteiger partial charge is 0.210 e. The summed E-state index contributed by atoms with van der Waals surface area (Å²) in [5, 5.41) is 4.96. The van der Waals surface area contributed by atoms with E-state index in [4.69, 9.17) is 17.5 Å². The fraction of sp³-hybridized carbons (Fsp3) is 0. The van der Waals surface area contributed by atoms with Crippen LogP contribution >= 0.6 is 23.5 Å². The molecule has 3 rings (SSSR count). The molecule has 0 unspecified atom stereocenters. The number of pyridine rings is 1. The van der Waals surface area contributed by atoms with Gasteiger partial charge in [-0.15, -0.1) is 4.51 Å². The molecule has 2 aromatic carbocycles. The second-order valence-corrected chi connectivity index (χ2v) is 5.90. The molecule has 0 spiro atoms. The molecule has 0 amide bonds. The quantitative estimate of drug-likeness (QED) is 0.557. The molecule has 0 atom stereocenters. The molecule has 0 radical (unpaired) electrons. The van der Waals surface area contributed by atoms with Crippen molar-refractivity contribution in [1.29, 1.82) is 0 Å². The average molecular weight is 329 g/mol. The highest BCUT2D eigenvalue weighted by Gasteiger charge is 2.05. The predicted octanol–water partition coefficient (Wildman–Crippen LogP) is 4.27. The van der Waals surface area contributed by atoms with Crippen LogP contribution in [0.2, 0.25) is 0 Å². The maximum absolute atomic E-state index is 5.60. The number of nitrogens with two attached hydrogens (primary N) is 1. The van der Waals surface area contributed by atoms with E-state index < -0.39 is 0 Å². The molecular weight excluding hydrogens is 316 g/mol. The molecule has 0 saturated heterocycles. The average Bonchev–Trinajstić information content (AvgIpc) is 2.56. The first-order valence-electron chi connectivity index (χ1n) is 6.58. The van der Waals surface area contributed by atoms with Gasteiger partial charge in [0.1, 0.15) is 0 Å². The normalized spacial score (nSPS) is 11.6. The number of nitrogens with one attached hydrogen (secondary N) is 1. The number of aromatic nitrogens is 1. The second kappa shape index (κ2) is 6.68. The molecule has 0 fully saturated rings. The van der Waals surface area contributed by atoms with E-state index in [2.05, 4.69) is 39.1 Å². The Morgan fingerprint density at radius 3 is 2.68 bits per heavy atom. The van der Waals surface area contributed by atoms with Gasteiger partial charge in [0.2, 0.25) is 5.96 Å². The van der Waals surface area contributed by atoms with Crippen LogP contribution < -0.4 is 11.1 Å². The first kappa shape index (κ1) is 14.7. The Hall–Kier alpha value is -2.24. The lowest BCUT2D eigenvalue weighted by Gasteiger charge is -2.09. The Morgan fingerprint density at radius 1 is 1.09 bits per heavy atom. The second-order valence-electron chi connectivity index (χ2n) is 4.58. The van der Waals surface area contributed by atoms with E-state index in [1.54, 1.807) is 18.0 Å². The third kappa shape index (κ3) is 3.32. The zero-order chi connectivity index (χ0) is 15.4. The largest absolute Gasteiger partial charge is 0.369 e. The van der Waals surface area contributed by atoms with Gasteiger partial charge in [0.05, 0.1) is 11.9 Å². The lowest BCUT2D eigenvalue weighted by Crippen LogP contribution is -2.21. The van der Waals surface area contributed by atoms with E-state index in [1.165, 1.54) is 4.90 Å². The van der Waals surface area contributed by atoms with E-state index in [-0.39, 0.29) is 5.96 Å². The van der Waals surface area contributed by atoms with Crippen molar-refractivity contribution in [2.24, 2.45) is 10.2 Å². The Labute approximate surface area is 137 Å². The molecule has 110 valence electrons. The fourth-order valence-electron chi connectivity index (χ4n) is 2.10. The van der Waals surface area contributed by atoms with Crippen molar-refractivity contribution in [1.82, 2.24) is 4.98 Å². The standard InChI is InChI=1S/C16H13ClN4S/c17-21-16(18)20-15-10-19-9-11-8-13(6-7-14(11)15)22-12-4-2-1-3-5-12/h1-10H,(H3,18,20,21). The highest BCUT2D eigenvalue weighted by atomic mass is 35.5. The number of rotatable bonds is 3. The maximum atomic E-state index is 5.60. The maximum Gasteiger partial charge on any atom is 0.210 e. The Balaban J connectivity index is 1.94. The third-order valence-corrected chi connectivity index (χ3v) is 4.24. The van der Waals surface area contributed by atoms with E-state index in [9.17, 15) is 0 Å². The van der Waals surface area contributed by atoms with Gasteiger partial charge in [-0.1, -0.05) is 36.0 Å². The summed E-state index contributed by atoms with van der Waals surface area (Å²) in [5.41, 5.74) is 6.38. The van der Waals surface area contributed by atoms with Crippen LogP contribution in [0.3, 0.4) is 0 Å². The molecule has 3 aromatic rings. The van der Waals surface area contributed by atoms with Gasteiger partial charge in [-0.3, -0.25) is 4.98 Å². The third-order valence-electron chi connectivity index (χ3n) is 3.06. The zero-order valence-electron chi connectivity index (χ0n) is 11.5. The van der Waals surface area contributed by atoms with Crippen molar-refractivity contribution in [3.05, 3.63) is 60.9 Å². The molecule has 1 heterocycles. The number of hydrogen-bond acceptors (Lipinski definition) is 3. The SMILES string of the molecule is NC(=NCl)Nc1cncc2cc(Sc3ccccc3)ccc12. The molecule has 0 aliphatic carbocycles. The lowest BCUT2D eigenvalue weighted by atomic mass is 10.1. The highest BCUT2D eigenvalue weighted by Crippen LogP contribution is 2.31. The number of fused-ring (bicyclic) bond motifs is 1. The van der Waals surface area contributed by atoms with E-state index >= 15 is 0 Å². The molecule has 6 heteroatoms. The molecule has 0 saturated carbocycles. The first-order valence-corrected chi connectivity index (χ1v) is 7.74. The summed E-state index contributed by atoms with van der Waals surface area (Å²) < 4.78 is 3.39. The Morgan fingerprint density at radius 2 is 1.91 bits per heavy atom. The molecule has 0 bridgehead atoms. The van der Waals surface area contributed by atoms with E-state index in [0.717, 1.165) is 21.4 Å². The van der Waals surface area contributed by atoms with Crippen molar-refractivity contribution in [3.8, 4) is 0 Å². The van der Waals surface area contributed by atoms with Crippen LogP contribution in [0.4, 0.5) is 5.69 Å². The van der Waals surface area contributed by atoms with E-state index in [0.29, 0.717) is 0 Å². The minimum Gasteiger partial charge on any atom is -0.369 e. The molecule has 3 N–H and O–H groups in total. The monoisotopic (exact) mass is 328 g/mol. The zero-order valence-corrected chi connectivity index (χ0v) is 13.1. The summed E-state index contributed by atoms with van der Waals surface area (Å²) in [4.78, 5) is 6.57. The number of nitrogens with zero attached hydrogens (tertiary/aromatic N) is 2. The van der Waals surface area contributed by atoms with Crippen molar-refractivity contribution < 1.29 is 0 Å². The van der Waals surface area contributed by atoms with Crippen LogP contribution in [0.5, 0.6) is 0 Å². The van der Waals surface area contributed by atoms with Crippen molar-refractivity contribution in [2.45, 2.75) is 9.79 Å². The van der Waals surface area contributed by atoms with Gasteiger partial charge in [-0.2, -0.15) is 0 Å². The summed E-state index contributed by atoms with van der Waals surface area (Å²) in [6.07, 6.45) is 3.52. The van der Waals surface area contributed by atoms with Gasteiger partial charge in [0, 0.05) is 38.5 Å². The number of halogens is 1. The fourth-order valence-corrected chi connectivity index (χ4v) is 3.03. The van der Waals surface area contributed by atoms with Crippen LogP contribution in [-0.2, 0) is 0 Å². The predicted molar refractivity (Wildman–Crippen MR) is 93.4 cm³/mol. The van der Waals surface area contributed by atoms with Gasteiger partial charge in [-0.05, 0) is 24.3 Å². The van der Waals surface area contributed by atoms with Crippen molar-refractivity contribution in [2.75, 3.05) is 5.32 Å². The molecule has 4 nitrogen and oxygen atoms in total. The topological polar surface area (TPSA) is 63.3 Å². The van der Waals surface area contributed by atoms with Gasteiger partial charge < -0.3 is 11.1 Å². The highest BCUT2D eigenvalue weighted by molar-refractivity contribution is 7.99. The number of benzene rings is 2. The number of anilines is 1. The van der Waals surface area contributed by atoms with Crippen LogP contribution in [0, 0.1) is 0 Å². The number of guanidine groups is 1. The van der Waals surface area contributed by atoms with Crippen LogP contribution in [0.25, 0.3) is 10.8 Å². The van der Waals surface area contributed by atoms with Crippen LogP contribution in [-0.4, -0.2) is 10.9 Å². The van der Waals surface area contributed by atoms with Crippen LogP contribution in [0.15, 0.2) is 75.2 Å². The minimum atomic E-state index is 0.138. The summed E-state index contributed by atoms with van der Waals surface area (Å²) in [6.45, 7) is 0. The summed E-state index contributed by atoms with van der Waals surface area (Å²) in [6, 6.07) is 16.4. The summed E-state index contributed by atoms with van der Waals surface area (Å²) >= 11 is 7.05. The Kier molecular flexibility index (Phi) is 4.46. The lowest BCUT2D eigenvalue weighted by molar-refractivity contribution is 1.34. The minimum absolute atomic E-state index is 0.138. The Bertz CT molecular complexity index is 821. The van der Waals surface area contributed by atoms with Gasteiger partial charge >= 0.3 is 0 Å². The molecule has 0 aliphatic rings. The van der Waals surface area contributed by atoms with Crippen LogP contribution in [0.1, 0.15) is 0 Å².